The van der Waals surface area contributed by atoms with Crippen LogP contribution in [0.4, 0.5) is 10.5 Å². The normalized spacial score (nSPS) is 23.1. The number of nitrogens with zero attached hydrogens (tertiary/aromatic N) is 1. The van der Waals surface area contributed by atoms with Crippen molar-refractivity contribution >= 4 is 29.6 Å². The van der Waals surface area contributed by atoms with E-state index in [4.69, 9.17) is 15.6 Å². The van der Waals surface area contributed by atoms with Crippen molar-refractivity contribution in [3.63, 3.8) is 0 Å². The minimum absolute atomic E-state index is 0. The molecule has 39 heavy (non-hydrogen) atoms. The summed E-state index contributed by atoms with van der Waals surface area (Å²) in [5.74, 6) is -1.90. The van der Waals surface area contributed by atoms with E-state index < -0.39 is 29.2 Å². The van der Waals surface area contributed by atoms with Crippen LogP contribution in [-0.2, 0) is 20.9 Å². The van der Waals surface area contributed by atoms with Gasteiger partial charge in [0.1, 0.15) is 5.60 Å². The number of nitrogens with one attached hydrogen (secondary N) is 1. The largest absolute Gasteiger partial charge is 1.00 e. The first-order valence-corrected chi connectivity index (χ1v) is 13.4. The molecule has 0 unspecified atom stereocenters. The van der Waals surface area contributed by atoms with Crippen molar-refractivity contribution in [2.75, 3.05) is 12.4 Å². The molecule has 210 valence electrons. The smallest absolute Gasteiger partial charge is 0.548 e. The fraction of sp³-hybridized carbons (Fsp3) is 0.643. The topological polar surface area (TPSA) is 162 Å². The van der Waals surface area contributed by atoms with Gasteiger partial charge >= 0.3 is 41.6 Å². The first-order chi connectivity index (χ1) is 17.7. The summed E-state index contributed by atoms with van der Waals surface area (Å²) in [5.41, 5.74) is 6.78. The van der Waals surface area contributed by atoms with Gasteiger partial charge in [-0.25, -0.2) is 4.79 Å². The molecule has 0 aromatic heterocycles. The van der Waals surface area contributed by atoms with Crippen molar-refractivity contribution in [3.8, 4) is 0 Å². The summed E-state index contributed by atoms with van der Waals surface area (Å²) >= 11 is 0. The average Bonchev–Trinajstić information content (AvgIpc) is 3.14. The molecule has 1 heterocycles. The molecule has 3 aliphatic rings. The number of nitrogens with two attached hydrogens (primary N) is 1. The average molecular weight is 554 g/mol. The Bertz CT molecular complexity index is 1070. The first-order valence-electron chi connectivity index (χ1n) is 13.4. The van der Waals surface area contributed by atoms with Gasteiger partial charge in [-0.1, -0.05) is 25.3 Å². The summed E-state index contributed by atoms with van der Waals surface area (Å²) in [7, 11) is 1.71. The van der Waals surface area contributed by atoms with E-state index in [1.165, 1.54) is 6.42 Å². The van der Waals surface area contributed by atoms with Gasteiger partial charge in [0.25, 0.3) is 5.91 Å². The van der Waals surface area contributed by atoms with E-state index in [0.717, 1.165) is 36.8 Å². The fourth-order valence-electron chi connectivity index (χ4n) is 5.48. The number of ether oxygens (including phenoxy) is 1. The van der Waals surface area contributed by atoms with Gasteiger partial charge in [-0.2, -0.15) is 0 Å². The van der Waals surface area contributed by atoms with Crippen LogP contribution < -0.4 is 45.7 Å². The summed E-state index contributed by atoms with van der Waals surface area (Å²) < 4.78 is 5.31. The number of hydrogen-bond acceptors (Lipinski definition) is 7. The number of rotatable bonds is 4. The maximum absolute atomic E-state index is 12.7. The Balaban J connectivity index is 0.000000453. The van der Waals surface area contributed by atoms with E-state index in [0.29, 0.717) is 43.5 Å². The number of carboxylic acids is 2. The number of carbonyl (C=O) groups is 4. The molecule has 2 fully saturated rings. The molecule has 1 aromatic rings. The molecule has 0 saturated heterocycles. The predicted molar refractivity (Wildman–Crippen MR) is 139 cm³/mol. The molecule has 1 aliphatic heterocycles. The van der Waals surface area contributed by atoms with Gasteiger partial charge in [0.05, 0.1) is 28.7 Å². The van der Waals surface area contributed by atoms with E-state index in [9.17, 15) is 24.3 Å². The third-order valence-electron chi connectivity index (χ3n) is 7.62. The minimum atomic E-state index is -1.29. The number of amides is 2. The van der Waals surface area contributed by atoms with Crippen LogP contribution in [0.15, 0.2) is 12.1 Å². The Kier molecular flexibility index (Phi) is 11.4. The molecular weight excluding hydrogens is 513 g/mol. The quantitative estimate of drug-likeness (QED) is 0.451. The first kappa shape index (κ1) is 33.1. The number of aliphatic carboxylic acids is 2. The molecule has 0 bridgehead atoms. The van der Waals surface area contributed by atoms with Crippen LogP contribution in [0.3, 0.4) is 0 Å². The molecule has 2 saturated carbocycles. The van der Waals surface area contributed by atoms with Crippen molar-refractivity contribution in [2.24, 2.45) is 11.7 Å². The molecule has 0 atom stereocenters. The predicted octanol–water partition coefficient (Wildman–Crippen LogP) is 0.380. The van der Waals surface area contributed by atoms with Gasteiger partial charge in [-0.15, -0.1) is 0 Å². The van der Waals surface area contributed by atoms with E-state index >= 15 is 0 Å². The molecule has 10 nitrogen and oxygen atoms in total. The van der Waals surface area contributed by atoms with Gasteiger partial charge in [0.2, 0.25) is 0 Å². The Labute approximate surface area is 252 Å². The van der Waals surface area contributed by atoms with Crippen LogP contribution >= 0.6 is 0 Å². The summed E-state index contributed by atoms with van der Waals surface area (Å²) in [5, 5.41) is 22.5. The molecule has 2 aliphatic carbocycles. The number of carbonyl (C=O) groups excluding carboxylic acids is 3. The van der Waals surface area contributed by atoms with Gasteiger partial charge in [-0.05, 0) is 82.4 Å². The number of benzene rings is 1. The number of carboxylic acid groups (broad SMARTS) is 2. The van der Waals surface area contributed by atoms with Crippen LogP contribution in [0, 0.1) is 5.92 Å². The minimum Gasteiger partial charge on any atom is -0.548 e. The molecule has 0 radical (unpaired) electrons. The van der Waals surface area contributed by atoms with E-state index in [1.54, 1.807) is 38.8 Å². The molecular formula is C28H40N3NaO7. The molecule has 2 amide bonds. The van der Waals surface area contributed by atoms with Crippen LogP contribution in [-0.4, -0.2) is 52.1 Å². The SMILES string of the molecule is CN1Cc2c(C3CCC(N)(C(=O)[O-])CC3)ccc(NC(=O)OC(C)(C)C)c2C1=O.O=C(O)C1CCCCC1.[Na+]. The van der Waals surface area contributed by atoms with Crippen LogP contribution in [0.25, 0.3) is 0 Å². The van der Waals surface area contributed by atoms with Gasteiger partial charge in [0.15, 0.2) is 0 Å². The standard InChI is InChI=1S/C21H29N3O5.C7H12O2.Na/c1-20(2,3)29-19(28)23-15-6-5-13(14-11-24(4)17(25)16(14)15)12-7-9-21(22,10-8-12)18(26)27;8-7(9)6-4-2-1-3-5-6;/h5-6,12H,7-11,22H2,1-4H3,(H,23,28)(H,26,27);6H,1-5H2,(H,8,9);/q;;+1/p-1. The Morgan fingerprint density at radius 2 is 1.69 bits per heavy atom. The summed E-state index contributed by atoms with van der Waals surface area (Å²) in [6, 6.07) is 3.63. The summed E-state index contributed by atoms with van der Waals surface area (Å²) in [6.07, 6.45) is 6.49. The maximum Gasteiger partial charge on any atom is 1.00 e. The van der Waals surface area contributed by atoms with Crippen molar-refractivity contribution in [2.45, 2.75) is 102 Å². The summed E-state index contributed by atoms with van der Waals surface area (Å²) in [4.78, 5) is 48.2. The Morgan fingerprint density at radius 3 is 2.18 bits per heavy atom. The second kappa shape index (κ2) is 13.5. The molecule has 0 spiro atoms. The van der Waals surface area contributed by atoms with Crippen molar-refractivity contribution < 1.29 is 63.7 Å². The molecule has 4 rings (SSSR count). The number of anilines is 1. The third kappa shape index (κ3) is 8.42. The second-order valence-corrected chi connectivity index (χ2v) is 11.7. The zero-order valence-corrected chi connectivity index (χ0v) is 25.8. The van der Waals surface area contributed by atoms with E-state index in [-0.39, 0.29) is 47.3 Å². The van der Waals surface area contributed by atoms with Gasteiger partial charge < -0.3 is 30.4 Å². The number of hydrogen-bond donors (Lipinski definition) is 3. The third-order valence-corrected chi connectivity index (χ3v) is 7.62. The molecule has 1 aromatic carbocycles. The van der Waals surface area contributed by atoms with Crippen LogP contribution in [0.5, 0.6) is 0 Å². The Hall–Kier alpha value is -2.14. The zero-order chi connectivity index (χ0) is 28.3. The Morgan fingerprint density at radius 1 is 1.10 bits per heavy atom. The van der Waals surface area contributed by atoms with Crippen LogP contribution in [0.1, 0.15) is 106 Å². The monoisotopic (exact) mass is 553 g/mol. The maximum atomic E-state index is 12.7. The van der Waals surface area contributed by atoms with Gasteiger partial charge in [0, 0.05) is 13.6 Å². The van der Waals surface area contributed by atoms with Crippen molar-refractivity contribution in [3.05, 3.63) is 28.8 Å². The number of fused-ring (bicyclic) bond motifs is 1. The second-order valence-electron chi connectivity index (χ2n) is 11.7. The fourth-order valence-corrected chi connectivity index (χ4v) is 5.48. The zero-order valence-electron chi connectivity index (χ0n) is 23.8. The van der Waals surface area contributed by atoms with Crippen molar-refractivity contribution in [1.29, 1.82) is 0 Å². The van der Waals surface area contributed by atoms with E-state index in [1.807, 2.05) is 6.07 Å². The molecule has 11 heteroatoms. The van der Waals surface area contributed by atoms with E-state index in [2.05, 4.69) is 5.32 Å². The summed E-state index contributed by atoms with van der Waals surface area (Å²) in [6.45, 7) is 5.75. The van der Waals surface area contributed by atoms with Crippen molar-refractivity contribution in [1.82, 2.24) is 4.90 Å². The van der Waals surface area contributed by atoms with Gasteiger partial charge in [-0.3, -0.25) is 14.9 Å². The molecule has 4 N–H and O–H groups in total. The van der Waals surface area contributed by atoms with Crippen LogP contribution in [0.2, 0.25) is 0 Å².